The summed E-state index contributed by atoms with van der Waals surface area (Å²) in [7, 11) is 0. The van der Waals surface area contributed by atoms with Crippen LogP contribution in [0.4, 0.5) is 5.69 Å². The first-order chi connectivity index (χ1) is 13.6. The summed E-state index contributed by atoms with van der Waals surface area (Å²) in [6.45, 7) is 2.94. The lowest BCUT2D eigenvalue weighted by Gasteiger charge is -2.35. The Morgan fingerprint density at radius 1 is 1.04 bits per heavy atom. The van der Waals surface area contributed by atoms with E-state index in [2.05, 4.69) is 0 Å². The lowest BCUT2D eigenvalue weighted by Crippen LogP contribution is -2.55. The highest BCUT2D eigenvalue weighted by atomic mass is 16.2. The van der Waals surface area contributed by atoms with Crippen molar-refractivity contribution in [3.05, 3.63) is 29.8 Å². The Kier molecular flexibility index (Phi) is 5.13. The van der Waals surface area contributed by atoms with Crippen LogP contribution >= 0.6 is 0 Å². The fraction of sp³-hybridized carbons (Fsp3) is 0.500. The number of piperidine rings is 1. The molecule has 3 aliphatic heterocycles. The quantitative estimate of drug-likeness (QED) is 0.702. The van der Waals surface area contributed by atoms with E-state index in [1.54, 1.807) is 34.1 Å². The van der Waals surface area contributed by atoms with E-state index in [9.17, 15) is 19.2 Å². The normalized spacial score (nSPS) is 23.1. The molecule has 4 rings (SSSR count). The number of amides is 4. The van der Waals surface area contributed by atoms with Crippen LogP contribution in [0.2, 0.25) is 0 Å². The minimum atomic E-state index is -0.579. The second kappa shape index (κ2) is 7.71. The maximum absolute atomic E-state index is 13.3. The molecule has 28 heavy (non-hydrogen) atoms. The van der Waals surface area contributed by atoms with Gasteiger partial charge in [0.25, 0.3) is 11.8 Å². The van der Waals surface area contributed by atoms with E-state index in [4.69, 9.17) is 0 Å². The van der Waals surface area contributed by atoms with Crippen molar-refractivity contribution >= 4 is 29.8 Å². The zero-order valence-electron chi connectivity index (χ0n) is 15.7. The Labute approximate surface area is 163 Å². The number of hydrogen-bond acceptors (Lipinski definition) is 5. The molecule has 0 unspecified atom stereocenters. The summed E-state index contributed by atoms with van der Waals surface area (Å²) in [5.74, 6) is -0.810. The first-order valence-corrected chi connectivity index (χ1v) is 9.78. The Hall–Kier alpha value is -2.74. The molecule has 0 spiro atoms. The number of fused-ring (bicyclic) bond motifs is 2. The van der Waals surface area contributed by atoms with Crippen molar-refractivity contribution < 1.29 is 19.2 Å². The van der Waals surface area contributed by atoms with Gasteiger partial charge < -0.3 is 9.80 Å². The Balaban J connectivity index is 1.62. The molecule has 0 saturated carbocycles. The largest absolute Gasteiger partial charge is 0.343 e. The van der Waals surface area contributed by atoms with E-state index >= 15 is 0 Å². The SMILES string of the molecule is O=CN1CCN(CC(=O)N2C(=O)[C@@H]3CCCCN3C(=O)c3ccccc32)CC1. The summed E-state index contributed by atoms with van der Waals surface area (Å²) < 4.78 is 0. The predicted molar refractivity (Wildman–Crippen MR) is 102 cm³/mol. The third-order valence-electron chi connectivity index (χ3n) is 5.81. The average molecular weight is 384 g/mol. The van der Waals surface area contributed by atoms with Crippen molar-refractivity contribution in [3.63, 3.8) is 0 Å². The summed E-state index contributed by atoms with van der Waals surface area (Å²) in [5, 5.41) is 0. The second-order valence-electron chi connectivity index (χ2n) is 7.51. The summed E-state index contributed by atoms with van der Waals surface area (Å²) in [6, 6.07) is 6.28. The van der Waals surface area contributed by atoms with Gasteiger partial charge >= 0.3 is 0 Å². The first kappa shape index (κ1) is 18.6. The van der Waals surface area contributed by atoms with Crippen molar-refractivity contribution in [1.82, 2.24) is 14.7 Å². The number of para-hydroxylation sites is 1. The standard InChI is InChI=1S/C20H24N4O4/c25-14-22-11-9-21(10-12-22)13-18(26)24-16-6-2-1-5-15(16)19(27)23-8-4-3-7-17(23)20(24)28/h1-2,5-6,14,17H,3-4,7-13H2/t17-/m0/s1. The molecule has 0 radical (unpaired) electrons. The van der Waals surface area contributed by atoms with Crippen LogP contribution in [-0.4, -0.2) is 84.1 Å². The van der Waals surface area contributed by atoms with Crippen LogP contribution in [0.15, 0.2) is 24.3 Å². The number of piperazine rings is 1. The van der Waals surface area contributed by atoms with Gasteiger partial charge in [-0.1, -0.05) is 12.1 Å². The van der Waals surface area contributed by atoms with Crippen LogP contribution < -0.4 is 4.90 Å². The van der Waals surface area contributed by atoms with Crippen molar-refractivity contribution in [3.8, 4) is 0 Å². The number of benzene rings is 1. The summed E-state index contributed by atoms with van der Waals surface area (Å²) in [6.07, 6.45) is 3.14. The highest BCUT2D eigenvalue weighted by molar-refractivity contribution is 6.22. The zero-order chi connectivity index (χ0) is 19.7. The van der Waals surface area contributed by atoms with Crippen molar-refractivity contribution in [2.75, 3.05) is 44.2 Å². The van der Waals surface area contributed by atoms with E-state index in [-0.39, 0.29) is 24.3 Å². The lowest BCUT2D eigenvalue weighted by atomic mass is 10.0. The molecule has 0 aliphatic carbocycles. The molecule has 8 heteroatoms. The molecule has 0 N–H and O–H groups in total. The van der Waals surface area contributed by atoms with Gasteiger partial charge in [-0.25, -0.2) is 4.90 Å². The van der Waals surface area contributed by atoms with E-state index in [1.165, 1.54) is 4.90 Å². The molecule has 3 heterocycles. The topological polar surface area (TPSA) is 81.2 Å². The molecular formula is C20H24N4O4. The Morgan fingerprint density at radius 3 is 2.54 bits per heavy atom. The predicted octanol–water partition coefficient (Wildman–Crippen LogP) is 0.329. The number of anilines is 1. The summed E-state index contributed by atoms with van der Waals surface area (Å²) >= 11 is 0. The van der Waals surface area contributed by atoms with E-state index in [0.29, 0.717) is 50.4 Å². The van der Waals surface area contributed by atoms with Gasteiger partial charge in [-0.2, -0.15) is 0 Å². The maximum Gasteiger partial charge on any atom is 0.256 e. The molecule has 3 aliphatic rings. The minimum Gasteiger partial charge on any atom is -0.343 e. The van der Waals surface area contributed by atoms with Crippen LogP contribution in [0.3, 0.4) is 0 Å². The van der Waals surface area contributed by atoms with Gasteiger partial charge in [-0.3, -0.25) is 24.1 Å². The molecule has 0 aromatic heterocycles. The fourth-order valence-electron chi connectivity index (χ4n) is 4.25. The number of carbonyl (C=O) groups is 4. The number of imide groups is 1. The molecule has 1 aromatic carbocycles. The third kappa shape index (κ3) is 3.28. The van der Waals surface area contributed by atoms with Gasteiger partial charge in [0.15, 0.2) is 0 Å². The summed E-state index contributed by atoms with van der Waals surface area (Å²) in [5.41, 5.74) is 0.780. The number of rotatable bonds is 3. The lowest BCUT2D eigenvalue weighted by molar-refractivity contribution is -0.130. The molecule has 8 nitrogen and oxygen atoms in total. The highest BCUT2D eigenvalue weighted by Gasteiger charge is 2.42. The monoisotopic (exact) mass is 384 g/mol. The third-order valence-corrected chi connectivity index (χ3v) is 5.81. The smallest absolute Gasteiger partial charge is 0.256 e. The molecule has 148 valence electrons. The van der Waals surface area contributed by atoms with Gasteiger partial charge in [0.05, 0.1) is 17.8 Å². The molecule has 1 atom stereocenters. The van der Waals surface area contributed by atoms with E-state index in [1.807, 2.05) is 4.90 Å². The van der Waals surface area contributed by atoms with Crippen LogP contribution in [0.5, 0.6) is 0 Å². The molecule has 2 saturated heterocycles. The van der Waals surface area contributed by atoms with Gasteiger partial charge in [0.2, 0.25) is 12.3 Å². The van der Waals surface area contributed by atoms with Gasteiger partial charge in [-0.15, -0.1) is 0 Å². The number of carbonyl (C=O) groups excluding carboxylic acids is 4. The van der Waals surface area contributed by atoms with Gasteiger partial charge in [0.1, 0.15) is 6.04 Å². The van der Waals surface area contributed by atoms with Crippen LogP contribution in [-0.2, 0) is 14.4 Å². The van der Waals surface area contributed by atoms with Crippen molar-refractivity contribution in [2.45, 2.75) is 25.3 Å². The molecule has 4 amide bonds. The molecular weight excluding hydrogens is 360 g/mol. The van der Waals surface area contributed by atoms with Gasteiger partial charge in [0, 0.05) is 32.7 Å². The molecule has 0 bridgehead atoms. The van der Waals surface area contributed by atoms with E-state index < -0.39 is 6.04 Å². The molecule has 1 aromatic rings. The van der Waals surface area contributed by atoms with Crippen LogP contribution in [0, 0.1) is 0 Å². The van der Waals surface area contributed by atoms with Gasteiger partial charge in [-0.05, 0) is 31.4 Å². The van der Waals surface area contributed by atoms with Crippen LogP contribution in [0.1, 0.15) is 29.6 Å². The van der Waals surface area contributed by atoms with Crippen molar-refractivity contribution in [1.29, 1.82) is 0 Å². The highest BCUT2D eigenvalue weighted by Crippen LogP contribution is 2.32. The first-order valence-electron chi connectivity index (χ1n) is 9.78. The molecule has 2 fully saturated rings. The average Bonchev–Trinajstić information content (AvgIpc) is 2.82. The van der Waals surface area contributed by atoms with Crippen molar-refractivity contribution in [2.24, 2.45) is 0 Å². The number of hydrogen-bond donors (Lipinski definition) is 0. The fourth-order valence-corrected chi connectivity index (χ4v) is 4.25. The Bertz CT molecular complexity index is 803. The maximum atomic E-state index is 13.3. The van der Waals surface area contributed by atoms with Crippen LogP contribution in [0.25, 0.3) is 0 Å². The summed E-state index contributed by atoms with van der Waals surface area (Å²) in [4.78, 5) is 56.8. The van der Waals surface area contributed by atoms with E-state index in [0.717, 1.165) is 19.3 Å². The second-order valence-corrected chi connectivity index (χ2v) is 7.51. The number of nitrogens with zero attached hydrogens (tertiary/aromatic N) is 4. The minimum absolute atomic E-state index is 0.0910. The zero-order valence-corrected chi connectivity index (χ0v) is 15.7. The Morgan fingerprint density at radius 2 is 1.79 bits per heavy atom.